The Morgan fingerprint density at radius 2 is 2.07 bits per heavy atom. The molecule has 2 aliphatic heterocycles. The topological polar surface area (TPSA) is 54.9 Å². The van der Waals surface area contributed by atoms with Gasteiger partial charge in [0.05, 0.1) is 13.7 Å². The highest BCUT2D eigenvalue weighted by molar-refractivity contribution is 5.88. The summed E-state index contributed by atoms with van der Waals surface area (Å²) < 4.78 is 11.6. The molecule has 1 spiro atoms. The Kier molecular flexibility index (Phi) is 5.21. The normalized spacial score (nSPS) is 27.4. The maximum Gasteiger partial charge on any atom is 0.257 e. The molecule has 30 heavy (non-hydrogen) atoms. The highest BCUT2D eigenvalue weighted by Gasteiger charge is 2.58. The number of methoxy groups -OCH3 is 1. The molecule has 3 fully saturated rings. The Labute approximate surface area is 177 Å². The van der Waals surface area contributed by atoms with Crippen molar-refractivity contribution < 1.29 is 14.3 Å². The summed E-state index contributed by atoms with van der Waals surface area (Å²) in [6, 6.07) is 12.6. The summed E-state index contributed by atoms with van der Waals surface area (Å²) in [7, 11) is 1.66. The van der Waals surface area contributed by atoms with Gasteiger partial charge in [0, 0.05) is 50.5 Å². The van der Waals surface area contributed by atoms with E-state index in [0.717, 1.165) is 23.4 Å². The summed E-state index contributed by atoms with van der Waals surface area (Å²) in [5, 5.41) is 0. The van der Waals surface area contributed by atoms with Gasteiger partial charge in [0.1, 0.15) is 5.75 Å². The van der Waals surface area contributed by atoms with Crippen LogP contribution in [0.1, 0.15) is 36.3 Å². The molecule has 1 saturated carbocycles. The number of benzene rings is 1. The molecule has 1 amide bonds. The highest BCUT2D eigenvalue weighted by Crippen LogP contribution is 2.44. The minimum absolute atomic E-state index is 0.0120. The molecule has 2 aromatic rings. The van der Waals surface area contributed by atoms with Crippen LogP contribution < -0.4 is 4.74 Å². The number of hydrogen-bond donors (Lipinski definition) is 0. The number of nitrogens with zero attached hydrogens (tertiary/aromatic N) is 3. The quantitative estimate of drug-likeness (QED) is 0.763. The van der Waals surface area contributed by atoms with Crippen LogP contribution in [0.5, 0.6) is 5.75 Å². The number of carbonyl (C=O) groups is 1. The van der Waals surface area contributed by atoms with Crippen LogP contribution in [0, 0.1) is 0 Å². The number of morpholine rings is 1. The van der Waals surface area contributed by atoms with Crippen molar-refractivity contribution in [2.24, 2.45) is 0 Å². The zero-order chi connectivity index (χ0) is 20.6. The first-order chi connectivity index (χ1) is 14.7. The van der Waals surface area contributed by atoms with Gasteiger partial charge in [0.25, 0.3) is 5.91 Å². The monoisotopic (exact) mass is 407 g/mol. The van der Waals surface area contributed by atoms with Crippen molar-refractivity contribution in [3.05, 3.63) is 59.9 Å². The maximum absolute atomic E-state index is 13.9. The Morgan fingerprint density at radius 1 is 1.23 bits per heavy atom. The minimum Gasteiger partial charge on any atom is -0.497 e. The molecule has 0 N–H and O–H groups in total. The van der Waals surface area contributed by atoms with Crippen LogP contribution in [-0.2, 0) is 16.1 Å². The standard InChI is InChI=1S/C24H29N3O3/c1-29-21-9-7-18(8-10-21)15-26-12-13-30-24(23(26)28)17-27(20-5-2-6-20)16-22(24)19-4-3-11-25-14-19/h3-4,7-11,14,20,22H,2,5-6,12-13,15-17H2,1H3/t22-,24+/m1/s1. The third-order valence-electron chi connectivity index (χ3n) is 7.00. The lowest BCUT2D eigenvalue weighted by Gasteiger charge is -2.43. The molecule has 2 atom stereocenters. The van der Waals surface area contributed by atoms with E-state index in [1.807, 2.05) is 41.4 Å². The molecule has 6 nitrogen and oxygen atoms in total. The average molecular weight is 408 g/mol. The van der Waals surface area contributed by atoms with Crippen molar-refractivity contribution in [1.82, 2.24) is 14.8 Å². The summed E-state index contributed by atoms with van der Waals surface area (Å²) in [5.41, 5.74) is 1.38. The molecular weight excluding hydrogens is 378 g/mol. The van der Waals surface area contributed by atoms with Crippen LogP contribution in [0.2, 0.25) is 0 Å². The molecule has 6 heteroatoms. The molecule has 2 saturated heterocycles. The molecule has 158 valence electrons. The molecule has 1 aromatic heterocycles. The van der Waals surface area contributed by atoms with E-state index in [4.69, 9.17) is 9.47 Å². The predicted molar refractivity (Wildman–Crippen MR) is 113 cm³/mol. The lowest BCUT2D eigenvalue weighted by molar-refractivity contribution is -0.173. The predicted octanol–water partition coefficient (Wildman–Crippen LogP) is 2.84. The van der Waals surface area contributed by atoms with E-state index in [9.17, 15) is 4.79 Å². The van der Waals surface area contributed by atoms with E-state index in [-0.39, 0.29) is 11.8 Å². The van der Waals surface area contributed by atoms with Crippen molar-refractivity contribution in [3.8, 4) is 5.75 Å². The number of likely N-dealkylation sites (tertiary alicyclic amines) is 1. The van der Waals surface area contributed by atoms with Gasteiger partial charge in [-0.2, -0.15) is 0 Å². The van der Waals surface area contributed by atoms with Crippen LogP contribution in [-0.4, -0.2) is 65.7 Å². The number of carbonyl (C=O) groups excluding carboxylic acids is 1. The molecule has 0 bridgehead atoms. The summed E-state index contributed by atoms with van der Waals surface area (Å²) in [4.78, 5) is 22.6. The zero-order valence-electron chi connectivity index (χ0n) is 17.5. The van der Waals surface area contributed by atoms with Gasteiger partial charge in [0.15, 0.2) is 5.60 Å². The Hall–Kier alpha value is -2.44. The largest absolute Gasteiger partial charge is 0.497 e. The number of hydrogen-bond acceptors (Lipinski definition) is 5. The van der Waals surface area contributed by atoms with Crippen molar-refractivity contribution in [1.29, 1.82) is 0 Å². The summed E-state index contributed by atoms with van der Waals surface area (Å²) in [6.45, 7) is 3.32. The smallest absolute Gasteiger partial charge is 0.257 e. The van der Waals surface area contributed by atoms with Gasteiger partial charge in [0.2, 0.25) is 0 Å². The van der Waals surface area contributed by atoms with Gasteiger partial charge in [-0.1, -0.05) is 24.6 Å². The van der Waals surface area contributed by atoms with Gasteiger partial charge in [-0.3, -0.25) is 14.7 Å². The van der Waals surface area contributed by atoms with Crippen molar-refractivity contribution in [3.63, 3.8) is 0 Å². The van der Waals surface area contributed by atoms with Gasteiger partial charge in [-0.15, -0.1) is 0 Å². The molecular formula is C24H29N3O3. The van der Waals surface area contributed by atoms with Gasteiger partial charge < -0.3 is 14.4 Å². The molecule has 1 aromatic carbocycles. The SMILES string of the molecule is COc1ccc(CN2CCO[C@]3(CN(C4CCC4)C[C@@H]3c3cccnc3)C2=O)cc1. The molecule has 5 rings (SSSR count). The molecule has 3 aliphatic rings. The van der Waals surface area contributed by atoms with Crippen LogP contribution in [0.4, 0.5) is 0 Å². The first-order valence-electron chi connectivity index (χ1n) is 10.9. The first-order valence-corrected chi connectivity index (χ1v) is 10.9. The summed E-state index contributed by atoms with van der Waals surface area (Å²) in [5.74, 6) is 0.949. The van der Waals surface area contributed by atoms with E-state index in [1.54, 1.807) is 13.3 Å². The third kappa shape index (κ3) is 3.38. The van der Waals surface area contributed by atoms with Gasteiger partial charge in [-0.25, -0.2) is 0 Å². The highest BCUT2D eigenvalue weighted by atomic mass is 16.5. The van der Waals surface area contributed by atoms with Crippen molar-refractivity contribution >= 4 is 5.91 Å². The minimum atomic E-state index is -0.816. The van der Waals surface area contributed by atoms with Gasteiger partial charge >= 0.3 is 0 Å². The lowest BCUT2D eigenvalue weighted by Crippen LogP contribution is -2.60. The number of amides is 1. The van der Waals surface area contributed by atoms with Gasteiger partial charge in [-0.05, 0) is 42.2 Å². The fourth-order valence-corrected chi connectivity index (χ4v) is 5.08. The van der Waals surface area contributed by atoms with Crippen molar-refractivity contribution in [2.75, 3.05) is 33.4 Å². The lowest BCUT2D eigenvalue weighted by atomic mass is 9.83. The van der Waals surface area contributed by atoms with Crippen LogP contribution >= 0.6 is 0 Å². The zero-order valence-corrected chi connectivity index (χ0v) is 17.5. The maximum atomic E-state index is 13.9. The van der Waals surface area contributed by atoms with E-state index >= 15 is 0 Å². The van der Waals surface area contributed by atoms with Crippen LogP contribution in [0.25, 0.3) is 0 Å². The fourth-order valence-electron chi connectivity index (χ4n) is 5.08. The second kappa shape index (κ2) is 8.00. The van der Waals surface area contributed by atoms with Crippen LogP contribution in [0.15, 0.2) is 48.8 Å². The number of rotatable bonds is 5. The molecule has 0 unspecified atom stereocenters. The molecule has 3 heterocycles. The van der Waals surface area contributed by atoms with E-state index in [1.165, 1.54) is 19.3 Å². The van der Waals surface area contributed by atoms with E-state index in [0.29, 0.717) is 32.3 Å². The summed E-state index contributed by atoms with van der Waals surface area (Å²) >= 11 is 0. The van der Waals surface area contributed by atoms with E-state index in [2.05, 4.69) is 16.0 Å². The number of ether oxygens (including phenoxy) is 2. The third-order valence-corrected chi connectivity index (χ3v) is 7.00. The first kappa shape index (κ1) is 19.5. The molecule has 0 radical (unpaired) electrons. The summed E-state index contributed by atoms with van der Waals surface area (Å²) in [6.07, 6.45) is 7.41. The number of pyridine rings is 1. The van der Waals surface area contributed by atoms with Crippen molar-refractivity contribution in [2.45, 2.75) is 43.4 Å². The number of aromatic nitrogens is 1. The fraction of sp³-hybridized carbons (Fsp3) is 0.500. The second-order valence-electron chi connectivity index (χ2n) is 8.67. The van der Waals surface area contributed by atoms with Crippen LogP contribution in [0.3, 0.4) is 0 Å². The van der Waals surface area contributed by atoms with E-state index < -0.39 is 5.60 Å². The second-order valence-corrected chi connectivity index (χ2v) is 8.67. The average Bonchev–Trinajstić information content (AvgIpc) is 3.11. The molecule has 1 aliphatic carbocycles. The Bertz CT molecular complexity index is 884. The Morgan fingerprint density at radius 3 is 2.73 bits per heavy atom. The Balaban J connectivity index is 1.42.